The van der Waals surface area contributed by atoms with Gasteiger partial charge in [0, 0.05) is 30.4 Å². The Balaban J connectivity index is 1.84. The Kier molecular flexibility index (Phi) is 3.67. The van der Waals surface area contributed by atoms with Gasteiger partial charge < -0.3 is 14.6 Å². The van der Waals surface area contributed by atoms with Gasteiger partial charge in [-0.3, -0.25) is 4.79 Å². The number of halogens is 1. The van der Waals surface area contributed by atoms with Gasteiger partial charge in [0.25, 0.3) is 5.91 Å². The predicted octanol–water partition coefficient (Wildman–Crippen LogP) is 3.40. The first kappa shape index (κ1) is 15.9. The van der Waals surface area contributed by atoms with Crippen LogP contribution >= 0.6 is 11.6 Å². The normalized spacial score (nSPS) is 19.3. The Hall–Kier alpha value is -2.56. The van der Waals surface area contributed by atoms with E-state index in [1.165, 1.54) is 4.90 Å². The summed E-state index contributed by atoms with van der Waals surface area (Å²) in [6.45, 7) is 0.568. The van der Waals surface area contributed by atoms with Crippen molar-refractivity contribution in [3.63, 3.8) is 0 Å². The van der Waals surface area contributed by atoms with Gasteiger partial charge in [-0.25, -0.2) is 0 Å². The highest BCUT2D eigenvalue weighted by molar-refractivity contribution is 6.31. The van der Waals surface area contributed by atoms with Crippen molar-refractivity contribution < 1.29 is 9.90 Å². The van der Waals surface area contributed by atoms with Gasteiger partial charge in [-0.15, -0.1) is 0 Å². The maximum Gasteiger partial charge on any atom is 0.269 e. The number of carbonyl (C=O) groups is 1. The van der Waals surface area contributed by atoms with Gasteiger partial charge in [0.15, 0.2) is 0 Å². The standard InChI is InChI=1S/C20H17ClN2O2/c1-22-17-10-9-15(21)12-16(17)20(25,19(22)24)18-8-5-11-23(18)13-14-6-3-2-4-7-14/h2-12,25H,13H2,1H3/t20-/m0/s1. The molecule has 126 valence electrons. The van der Waals surface area contributed by atoms with Crippen LogP contribution in [0.1, 0.15) is 16.8 Å². The predicted molar refractivity (Wildman–Crippen MR) is 97.8 cm³/mol. The van der Waals surface area contributed by atoms with Crippen LogP contribution in [0.2, 0.25) is 5.02 Å². The summed E-state index contributed by atoms with van der Waals surface area (Å²) in [6.07, 6.45) is 1.87. The van der Waals surface area contributed by atoms with E-state index in [1.807, 2.05) is 47.2 Å². The fraction of sp³-hybridized carbons (Fsp3) is 0.150. The maximum absolute atomic E-state index is 12.9. The first-order chi connectivity index (χ1) is 12.0. The van der Waals surface area contributed by atoms with Crippen molar-refractivity contribution in [1.29, 1.82) is 0 Å². The summed E-state index contributed by atoms with van der Waals surface area (Å²) in [5, 5.41) is 11.9. The summed E-state index contributed by atoms with van der Waals surface area (Å²) in [4.78, 5) is 14.4. The Bertz CT molecular complexity index is 951. The van der Waals surface area contributed by atoms with Crippen molar-refractivity contribution in [1.82, 2.24) is 4.57 Å². The van der Waals surface area contributed by atoms with E-state index in [4.69, 9.17) is 11.6 Å². The second-order valence-corrected chi connectivity index (χ2v) is 6.68. The SMILES string of the molecule is CN1C(=O)[C@@](O)(c2cccn2Cc2ccccc2)c2cc(Cl)ccc21. The number of rotatable bonds is 3. The van der Waals surface area contributed by atoms with Crippen LogP contribution in [0.5, 0.6) is 0 Å². The van der Waals surface area contributed by atoms with Gasteiger partial charge in [0.05, 0.1) is 11.4 Å². The lowest BCUT2D eigenvalue weighted by atomic mass is 9.91. The number of aliphatic hydroxyl groups is 1. The molecule has 0 aliphatic carbocycles. The van der Waals surface area contributed by atoms with E-state index in [1.54, 1.807) is 31.3 Å². The topological polar surface area (TPSA) is 45.5 Å². The number of amides is 1. The summed E-state index contributed by atoms with van der Waals surface area (Å²) in [5.41, 5.74) is 1.07. The molecule has 1 aromatic heterocycles. The van der Waals surface area contributed by atoms with Crippen LogP contribution in [0.4, 0.5) is 5.69 Å². The summed E-state index contributed by atoms with van der Waals surface area (Å²) in [6, 6.07) is 18.7. The zero-order valence-corrected chi connectivity index (χ0v) is 14.4. The van der Waals surface area contributed by atoms with Gasteiger partial charge in [-0.2, -0.15) is 0 Å². The van der Waals surface area contributed by atoms with E-state index in [2.05, 4.69) is 0 Å². The first-order valence-electron chi connectivity index (χ1n) is 8.02. The maximum atomic E-state index is 12.9. The smallest absolute Gasteiger partial charge is 0.269 e. The number of anilines is 1. The minimum atomic E-state index is -1.74. The molecule has 4 rings (SSSR count). The summed E-state index contributed by atoms with van der Waals surface area (Å²) >= 11 is 6.13. The average Bonchev–Trinajstić information content (AvgIpc) is 3.15. The number of likely N-dealkylation sites (N-methyl/N-ethyl adjacent to an activating group) is 1. The van der Waals surface area contributed by atoms with Crippen LogP contribution < -0.4 is 4.90 Å². The molecule has 1 aliphatic heterocycles. The van der Waals surface area contributed by atoms with Crippen LogP contribution in [0, 0.1) is 0 Å². The van der Waals surface area contributed by atoms with Crippen LogP contribution in [0.15, 0.2) is 66.9 Å². The zero-order chi connectivity index (χ0) is 17.6. The molecule has 5 heteroatoms. The van der Waals surface area contributed by atoms with Crippen molar-refractivity contribution in [3.8, 4) is 0 Å². The van der Waals surface area contributed by atoms with E-state index in [0.29, 0.717) is 28.5 Å². The van der Waals surface area contributed by atoms with Crippen LogP contribution in [0.25, 0.3) is 0 Å². The molecular weight excluding hydrogens is 336 g/mol. The van der Waals surface area contributed by atoms with Crippen molar-refractivity contribution in [2.24, 2.45) is 0 Å². The van der Waals surface area contributed by atoms with E-state index in [9.17, 15) is 9.90 Å². The lowest BCUT2D eigenvalue weighted by Gasteiger charge is -2.24. The number of aromatic nitrogens is 1. The Morgan fingerprint density at radius 2 is 1.84 bits per heavy atom. The molecular formula is C20H17ClN2O2. The Labute approximate surface area is 150 Å². The van der Waals surface area contributed by atoms with E-state index >= 15 is 0 Å². The summed E-state index contributed by atoms with van der Waals surface area (Å²) in [7, 11) is 1.66. The lowest BCUT2D eigenvalue weighted by molar-refractivity contribution is -0.132. The molecule has 25 heavy (non-hydrogen) atoms. The molecule has 0 bridgehead atoms. The molecule has 0 saturated heterocycles. The molecule has 0 spiro atoms. The number of fused-ring (bicyclic) bond motifs is 1. The second-order valence-electron chi connectivity index (χ2n) is 6.24. The Morgan fingerprint density at radius 1 is 1.08 bits per heavy atom. The molecule has 1 atom stereocenters. The van der Waals surface area contributed by atoms with Crippen molar-refractivity contribution in [3.05, 3.63) is 88.7 Å². The minimum Gasteiger partial charge on any atom is -0.371 e. The van der Waals surface area contributed by atoms with Crippen molar-refractivity contribution in [2.75, 3.05) is 11.9 Å². The van der Waals surface area contributed by atoms with Gasteiger partial charge >= 0.3 is 0 Å². The molecule has 0 radical (unpaired) electrons. The highest BCUT2D eigenvalue weighted by atomic mass is 35.5. The molecule has 0 unspecified atom stereocenters. The van der Waals surface area contributed by atoms with Gasteiger partial charge in [0.2, 0.25) is 5.60 Å². The number of carbonyl (C=O) groups excluding carboxylic acids is 1. The van der Waals surface area contributed by atoms with E-state index < -0.39 is 5.60 Å². The number of nitrogens with zero attached hydrogens (tertiary/aromatic N) is 2. The highest BCUT2D eigenvalue weighted by Crippen LogP contribution is 2.44. The molecule has 0 saturated carbocycles. The molecule has 1 aliphatic rings. The first-order valence-corrected chi connectivity index (χ1v) is 8.39. The van der Waals surface area contributed by atoms with Crippen LogP contribution in [-0.4, -0.2) is 22.6 Å². The fourth-order valence-corrected chi connectivity index (χ4v) is 3.64. The molecule has 1 N–H and O–H groups in total. The zero-order valence-electron chi connectivity index (χ0n) is 13.7. The number of hydrogen-bond donors (Lipinski definition) is 1. The number of hydrogen-bond acceptors (Lipinski definition) is 2. The number of benzene rings is 2. The highest BCUT2D eigenvalue weighted by Gasteiger charge is 2.51. The monoisotopic (exact) mass is 352 g/mol. The van der Waals surface area contributed by atoms with Crippen molar-refractivity contribution in [2.45, 2.75) is 12.1 Å². The quantitative estimate of drug-likeness (QED) is 0.785. The average molecular weight is 353 g/mol. The third kappa shape index (κ3) is 2.37. The fourth-order valence-electron chi connectivity index (χ4n) is 3.47. The molecule has 3 aromatic rings. The van der Waals surface area contributed by atoms with Gasteiger partial charge in [-0.1, -0.05) is 41.9 Å². The van der Waals surface area contributed by atoms with E-state index in [0.717, 1.165) is 5.56 Å². The van der Waals surface area contributed by atoms with Crippen LogP contribution in [0.3, 0.4) is 0 Å². The Morgan fingerprint density at radius 3 is 2.60 bits per heavy atom. The second kappa shape index (κ2) is 5.76. The summed E-state index contributed by atoms with van der Waals surface area (Å²) in [5.74, 6) is -0.377. The largest absolute Gasteiger partial charge is 0.371 e. The molecule has 1 amide bonds. The van der Waals surface area contributed by atoms with E-state index in [-0.39, 0.29) is 5.91 Å². The third-order valence-corrected chi connectivity index (χ3v) is 4.95. The molecule has 0 fully saturated rings. The lowest BCUT2D eigenvalue weighted by Crippen LogP contribution is -2.41. The van der Waals surface area contributed by atoms with Gasteiger partial charge in [0.1, 0.15) is 0 Å². The van der Waals surface area contributed by atoms with Crippen LogP contribution in [-0.2, 0) is 16.9 Å². The van der Waals surface area contributed by atoms with Gasteiger partial charge in [-0.05, 0) is 35.9 Å². The minimum absolute atomic E-state index is 0.377. The third-order valence-electron chi connectivity index (χ3n) is 4.72. The molecule has 2 heterocycles. The summed E-state index contributed by atoms with van der Waals surface area (Å²) < 4.78 is 1.90. The molecule has 4 nitrogen and oxygen atoms in total. The van der Waals surface area contributed by atoms with Crippen molar-refractivity contribution >= 4 is 23.2 Å². The molecule has 2 aromatic carbocycles.